The SMILES string of the molecule is CC(C)(C)c1nc(CNCCC2CCC2)cs1. The molecule has 1 fully saturated rings. The molecule has 0 amide bonds. The Bertz CT molecular complexity index is 347. The van der Waals surface area contributed by atoms with Crippen molar-refractivity contribution in [2.24, 2.45) is 5.92 Å². The molecule has 1 saturated carbocycles. The molecule has 0 radical (unpaired) electrons. The van der Waals surface area contributed by atoms with Crippen LogP contribution in [0, 0.1) is 5.92 Å². The largest absolute Gasteiger partial charge is 0.311 e. The minimum absolute atomic E-state index is 0.189. The lowest BCUT2D eigenvalue weighted by atomic mass is 9.83. The molecule has 0 unspecified atom stereocenters. The van der Waals surface area contributed by atoms with Crippen LogP contribution < -0.4 is 5.32 Å². The summed E-state index contributed by atoms with van der Waals surface area (Å²) in [6.07, 6.45) is 5.70. The average Bonchev–Trinajstić information content (AvgIpc) is 2.62. The number of hydrogen-bond acceptors (Lipinski definition) is 3. The summed E-state index contributed by atoms with van der Waals surface area (Å²) in [5.41, 5.74) is 1.39. The number of nitrogens with one attached hydrogen (secondary N) is 1. The Kier molecular flexibility index (Phi) is 4.21. The van der Waals surface area contributed by atoms with Gasteiger partial charge in [0.05, 0.1) is 10.7 Å². The quantitative estimate of drug-likeness (QED) is 0.808. The van der Waals surface area contributed by atoms with Gasteiger partial charge in [-0.15, -0.1) is 11.3 Å². The van der Waals surface area contributed by atoms with E-state index in [2.05, 4.69) is 36.5 Å². The molecule has 0 saturated heterocycles. The Morgan fingerprint density at radius 3 is 2.71 bits per heavy atom. The minimum Gasteiger partial charge on any atom is -0.311 e. The second kappa shape index (κ2) is 5.49. The van der Waals surface area contributed by atoms with Gasteiger partial charge in [0.15, 0.2) is 0 Å². The Morgan fingerprint density at radius 1 is 1.41 bits per heavy atom. The molecule has 1 aliphatic carbocycles. The van der Waals surface area contributed by atoms with Gasteiger partial charge in [-0.3, -0.25) is 0 Å². The number of thiazole rings is 1. The third-order valence-corrected chi connectivity index (χ3v) is 4.77. The lowest BCUT2D eigenvalue weighted by Crippen LogP contribution is -2.21. The van der Waals surface area contributed by atoms with Crippen LogP contribution in [0.25, 0.3) is 0 Å². The predicted molar refractivity (Wildman–Crippen MR) is 74.5 cm³/mol. The van der Waals surface area contributed by atoms with Gasteiger partial charge >= 0.3 is 0 Å². The predicted octanol–water partition coefficient (Wildman–Crippen LogP) is 3.72. The molecule has 0 aromatic carbocycles. The van der Waals surface area contributed by atoms with Crippen molar-refractivity contribution in [2.75, 3.05) is 6.54 Å². The third-order valence-electron chi connectivity index (χ3n) is 3.45. The molecule has 3 heteroatoms. The van der Waals surface area contributed by atoms with Gasteiger partial charge in [-0.05, 0) is 18.9 Å². The first kappa shape index (κ1) is 13.0. The molecule has 1 aliphatic rings. The molecule has 96 valence electrons. The molecule has 1 aromatic heterocycles. The van der Waals surface area contributed by atoms with Gasteiger partial charge in [-0.1, -0.05) is 40.0 Å². The maximum absolute atomic E-state index is 4.69. The lowest BCUT2D eigenvalue weighted by Gasteiger charge is -2.25. The first-order valence-corrected chi connectivity index (χ1v) is 7.59. The topological polar surface area (TPSA) is 24.9 Å². The zero-order valence-corrected chi connectivity index (χ0v) is 12.1. The van der Waals surface area contributed by atoms with Crippen LogP contribution in [-0.4, -0.2) is 11.5 Å². The maximum Gasteiger partial charge on any atom is 0.0982 e. The summed E-state index contributed by atoms with van der Waals surface area (Å²) < 4.78 is 0. The Balaban J connectivity index is 1.69. The van der Waals surface area contributed by atoms with Crippen molar-refractivity contribution in [3.8, 4) is 0 Å². The summed E-state index contributed by atoms with van der Waals surface area (Å²) >= 11 is 1.79. The fraction of sp³-hybridized carbons (Fsp3) is 0.786. The monoisotopic (exact) mass is 252 g/mol. The lowest BCUT2D eigenvalue weighted by molar-refractivity contribution is 0.292. The number of aromatic nitrogens is 1. The standard InChI is InChI=1S/C14H24N2S/c1-14(2,3)13-16-12(10-17-13)9-15-8-7-11-5-4-6-11/h10-11,15H,4-9H2,1-3H3. The van der Waals surface area contributed by atoms with Gasteiger partial charge in [0.1, 0.15) is 0 Å². The van der Waals surface area contributed by atoms with Gasteiger partial charge in [0.2, 0.25) is 0 Å². The van der Waals surface area contributed by atoms with E-state index in [4.69, 9.17) is 0 Å². The van der Waals surface area contributed by atoms with Gasteiger partial charge < -0.3 is 5.32 Å². The summed E-state index contributed by atoms with van der Waals surface area (Å²) in [5, 5.41) is 6.94. The summed E-state index contributed by atoms with van der Waals surface area (Å²) in [4.78, 5) is 4.69. The molecule has 0 spiro atoms. The van der Waals surface area contributed by atoms with E-state index in [-0.39, 0.29) is 5.41 Å². The highest BCUT2D eigenvalue weighted by molar-refractivity contribution is 7.09. The fourth-order valence-electron chi connectivity index (χ4n) is 2.04. The van der Waals surface area contributed by atoms with E-state index in [0.717, 1.165) is 19.0 Å². The second-order valence-electron chi connectivity index (χ2n) is 6.16. The van der Waals surface area contributed by atoms with Gasteiger partial charge in [0.25, 0.3) is 0 Å². The van der Waals surface area contributed by atoms with Crippen LogP contribution in [0.4, 0.5) is 0 Å². The van der Waals surface area contributed by atoms with Gasteiger partial charge in [-0.25, -0.2) is 4.98 Å². The Morgan fingerprint density at radius 2 is 2.18 bits per heavy atom. The summed E-state index contributed by atoms with van der Waals surface area (Å²) in [6.45, 7) is 8.74. The van der Waals surface area contributed by atoms with E-state index < -0.39 is 0 Å². The molecule has 1 aromatic rings. The average molecular weight is 252 g/mol. The molecule has 0 aliphatic heterocycles. The highest BCUT2D eigenvalue weighted by Crippen LogP contribution is 2.29. The van der Waals surface area contributed by atoms with Gasteiger partial charge in [-0.2, -0.15) is 0 Å². The van der Waals surface area contributed by atoms with Crippen molar-refractivity contribution in [3.05, 3.63) is 16.1 Å². The van der Waals surface area contributed by atoms with Crippen molar-refractivity contribution in [1.82, 2.24) is 10.3 Å². The van der Waals surface area contributed by atoms with Crippen LogP contribution >= 0.6 is 11.3 Å². The van der Waals surface area contributed by atoms with Crippen molar-refractivity contribution < 1.29 is 0 Å². The molecule has 1 N–H and O–H groups in total. The van der Waals surface area contributed by atoms with E-state index in [9.17, 15) is 0 Å². The van der Waals surface area contributed by atoms with Crippen LogP contribution in [-0.2, 0) is 12.0 Å². The number of hydrogen-bond donors (Lipinski definition) is 1. The van der Waals surface area contributed by atoms with Crippen LogP contribution in [0.1, 0.15) is 57.2 Å². The highest BCUT2D eigenvalue weighted by atomic mass is 32.1. The van der Waals surface area contributed by atoms with Crippen LogP contribution in [0.5, 0.6) is 0 Å². The van der Waals surface area contributed by atoms with E-state index >= 15 is 0 Å². The van der Waals surface area contributed by atoms with E-state index in [1.54, 1.807) is 11.3 Å². The molecule has 0 atom stereocenters. The minimum atomic E-state index is 0.189. The second-order valence-corrected chi connectivity index (χ2v) is 7.01. The molecule has 17 heavy (non-hydrogen) atoms. The zero-order valence-electron chi connectivity index (χ0n) is 11.3. The Hall–Kier alpha value is -0.410. The molecular formula is C14H24N2S. The maximum atomic E-state index is 4.69. The van der Waals surface area contributed by atoms with Crippen LogP contribution in [0.3, 0.4) is 0 Å². The fourth-order valence-corrected chi connectivity index (χ4v) is 2.94. The van der Waals surface area contributed by atoms with E-state index in [1.165, 1.54) is 36.4 Å². The third kappa shape index (κ3) is 3.78. The number of nitrogens with zero attached hydrogens (tertiary/aromatic N) is 1. The highest BCUT2D eigenvalue weighted by Gasteiger charge is 2.18. The van der Waals surface area contributed by atoms with E-state index in [1.807, 2.05) is 0 Å². The van der Waals surface area contributed by atoms with Crippen molar-refractivity contribution in [2.45, 2.75) is 58.4 Å². The van der Waals surface area contributed by atoms with E-state index in [0.29, 0.717) is 0 Å². The van der Waals surface area contributed by atoms with Crippen molar-refractivity contribution in [1.29, 1.82) is 0 Å². The summed E-state index contributed by atoms with van der Waals surface area (Å²) in [7, 11) is 0. The molecule has 1 heterocycles. The first-order valence-electron chi connectivity index (χ1n) is 6.71. The molecule has 2 nitrogen and oxygen atoms in total. The smallest absolute Gasteiger partial charge is 0.0982 e. The normalized spacial score (nSPS) is 17.1. The zero-order chi connectivity index (χ0) is 12.3. The summed E-state index contributed by atoms with van der Waals surface area (Å²) in [5.74, 6) is 1.00. The van der Waals surface area contributed by atoms with Crippen LogP contribution in [0.2, 0.25) is 0 Å². The summed E-state index contributed by atoms with van der Waals surface area (Å²) in [6, 6.07) is 0. The molecule has 0 bridgehead atoms. The Labute approximate surface area is 109 Å². The molecule has 2 rings (SSSR count). The first-order chi connectivity index (χ1) is 8.05. The number of rotatable bonds is 5. The van der Waals surface area contributed by atoms with Crippen molar-refractivity contribution >= 4 is 11.3 Å². The molecular weight excluding hydrogens is 228 g/mol. The van der Waals surface area contributed by atoms with Crippen LogP contribution in [0.15, 0.2) is 5.38 Å². The van der Waals surface area contributed by atoms with Gasteiger partial charge in [0, 0.05) is 17.3 Å². The van der Waals surface area contributed by atoms with Crippen molar-refractivity contribution in [3.63, 3.8) is 0 Å².